The van der Waals surface area contributed by atoms with Crippen molar-refractivity contribution >= 4 is 16.1 Å². The van der Waals surface area contributed by atoms with E-state index in [-0.39, 0.29) is 30.3 Å². The van der Waals surface area contributed by atoms with Crippen molar-refractivity contribution in [2.75, 3.05) is 20.2 Å². The minimum absolute atomic E-state index is 0.0130. The van der Waals surface area contributed by atoms with Gasteiger partial charge in [0.25, 0.3) is 0 Å². The summed E-state index contributed by atoms with van der Waals surface area (Å²) in [6.07, 6.45) is -1.71. The number of rotatable bonds is 14. The number of hydrogen-bond donors (Lipinski definition) is 2. The zero-order valence-electron chi connectivity index (χ0n) is 25.8. The van der Waals surface area contributed by atoms with E-state index in [9.17, 15) is 18.3 Å². The van der Waals surface area contributed by atoms with E-state index in [0.717, 1.165) is 11.1 Å². The van der Waals surface area contributed by atoms with Crippen molar-refractivity contribution in [2.24, 2.45) is 5.92 Å². The Bertz CT molecular complexity index is 1390. The van der Waals surface area contributed by atoms with Gasteiger partial charge in [0.1, 0.15) is 23.7 Å². The molecule has 0 aliphatic rings. The molecule has 3 aromatic carbocycles. The second-order valence-electron chi connectivity index (χ2n) is 11.8. The van der Waals surface area contributed by atoms with E-state index in [1.807, 2.05) is 68.4 Å². The molecule has 0 saturated carbocycles. The van der Waals surface area contributed by atoms with Gasteiger partial charge in [-0.3, -0.25) is 0 Å². The number of carbonyl (C=O) groups excluding carboxylic acids is 1. The first-order chi connectivity index (χ1) is 20.3. The molecule has 0 spiro atoms. The average molecular weight is 613 g/mol. The predicted octanol–water partition coefficient (Wildman–Crippen LogP) is 5.42. The molecule has 0 fully saturated rings. The van der Waals surface area contributed by atoms with E-state index >= 15 is 0 Å². The first kappa shape index (κ1) is 33.9. The van der Waals surface area contributed by atoms with Crippen molar-refractivity contribution in [1.82, 2.24) is 9.62 Å². The topological polar surface area (TPSA) is 114 Å². The Hall–Kier alpha value is -3.60. The Morgan fingerprint density at radius 3 is 2.05 bits per heavy atom. The number of amides is 1. The van der Waals surface area contributed by atoms with Crippen LogP contribution in [0.1, 0.15) is 45.7 Å². The van der Waals surface area contributed by atoms with Gasteiger partial charge in [-0.25, -0.2) is 13.2 Å². The summed E-state index contributed by atoms with van der Waals surface area (Å²) in [6.45, 7) is 9.43. The van der Waals surface area contributed by atoms with E-state index < -0.39 is 33.9 Å². The van der Waals surface area contributed by atoms with Crippen LogP contribution >= 0.6 is 0 Å². The van der Waals surface area contributed by atoms with Gasteiger partial charge in [0.15, 0.2) is 0 Å². The maximum atomic E-state index is 13.6. The zero-order chi connectivity index (χ0) is 31.6. The van der Waals surface area contributed by atoms with Crippen LogP contribution in [0.25, 0.3) is 0 Å². The lowest BCUT2D eigenvalue weighted by Crippen LogP contribution is -2.51. The fourth-order valence-electron chi connectivity index (χ4n) is 4.37. The Balaban J connectivity index is 1.80. The number of aliphatic hydroxyl groups is 1. The molecule has 1 unspecified atom stereocenters. The van der Waals surface area contributed by atoms with E-state index in [1.165, 1.54) is 23.5 Å². The number of benzene rings is 3. The van der Waals surface area contributed by atoms with E-state index in [1.54, 1.807) is 32.9 Å². The minimum Gasteiger partial charge on any atom is -0.497 e. The molecule has 0 radical (unpaired) electrons. The molecule has 0 aliphatic heterocycles. The number of ether oxygens (including phenoxy) is 3. The monoisotopic (exact) mass is 612 g/mol. The molecule has 3 aromatic rings. The van der Waals surface area contributed by atoms with Gasteiger partial charge in [-0.2, -0.15) is 4.31 Å². The van der Waals surface area contributed by atoms with Crippen LogP contribution in [0.5, 0.6) is 11.5 Å². The summed E-state index contributed by atoms with van der Waals surface area (Å²) in [5, 5.41) is 14.2. The Morgan fingerprint density at radius 1 is 0.884 bits per heavy atom. The molecule has 3 rings (SSSR count). The van der Waals surface area contributed by atoms with Crippen LogP contribution < -0.4 is 14.8 Å². The van der Waals surface area contributed by atoms with Crippen molar-refractivity contribution in [3.8, 4) is 11.5 Å². The Labute approximate surface area is 255 Å². The molecule has 0 saturated heterocycles. The standard InChI is InChI=1S/C33H44N2O7S/c1-24(2)21-35(43(38,39)29-18-16-27(40-6)17-19-29)22-31(36)30(34-32(37)42-33(3,4)5)20-25-12-14-28(15-13-25)41-23-26-10-8-7-9-11-26/h7-19,24,30-31,36H,20-23H2,1-6H3,(H,34,37)/t30?,31-/m1/s1. The van der Waals surface area contributed by atoms with Gasteiger partial charge >= 0.3 is 6.09 Å². The molecular formula is C33H44N2O7S. The fraction of sp³-hybridized carbons (Fsp3) is 0.424. The number of nitrogens with one attached hydrogen (secondary N) is 1. The van der Waals surface area contributed by atoms with Crippen LogP contribution in [0.4, 0.5) is 4.79 Å². The highest BCUT2D eigenvalue weighted by atomic mass is 32.2. The van der Waals surface area contributed by atoms with Gasteiger partial charge in [-0.1, -0.05) is 56.3 Å². The Kier molecular flexibility index (Phi) is 12.0. The molecular weight excluding hydrogens is 568 g/mol. The lowest BCUT2D eigenvalue weighted by atomic mass is 10.0. The van der Waals surface area contributed by atoms with E-state index in [0.29, 0.717) is 18.1 Å². The van der Waals surface area contributed by atoms with Crippen LogP contribution in [0.3, 0.4) is 0 Å². The number of carbonyl (C=O) groups is 1. The molecule has 0 aliphatic carbocycles. The summed E-state index contributed by atoms with van der Waals surface area (Å²) in [7, 11) is -2.45. The highest BCUT2D eigenvalue weighted by Gasteiger charge is 2.32. The third-order valence-electron chi connectivity index (χ3n) is 6.45. The Morgan fingerprint density at radius 2 is 1.49 bits per heavy atom. The number of sulfonamides is 1. The second-order valence-corrected chi connectivity index (χ2v) is 13.8. The number of nitrogens with zero attached hydrogens (tertiary/aromatic N) is 1. The first-order valence-electron chi connectivity index (χ1n) is 14.3. The quantitative estimate of drug-likeness (QED) is 0.250. The molecule has 9 nitrogen and oxygen atoms in total. The van der Waals surface area contributed by atoms with Crippen molar-refractivity contribution in [3.05, 3.63) is 90.0 Å². The molecule has 234 valence electrons. The molecule has 2 N–H and O–H groups in total. The SMILES string of the molecule is COc1ccc(S(=O)(=O)N(CC(C)C)C[C@@H](O)C(Cc2ccc(OCc3ccccc3)cc2)NC(=O)OC(C)(C)C)cc1. The zero-order valence-corrected chi connectivity index (χ0v) is 26.6. The smallest absolute Gasteiger partial charge is 0.407 e. The molecule has 10 heteroatoms. The molecule has 2 atom stereocenters. The third kappa shape index (κ3) is 10.9. The fourth-order valence-corrected chi connectivity index (χ4v) is 5.99. The van der Waals surface area contributed by atoms with Crippen LogP contribution in [0, 0.1) is 5.92 Å². The van der Waals surface area contributed by atoms with Crippen LogP contribution in [0.15, 0.2) is 83.8 Å². The van der Waals surface area contributed by atoms with E-state index in [2.05, 4.69) is 5.32 Å². The lowest BCUT2D eigenvalue weighted by molar-refractivity contribution is 0.0400. The summed E-state index contributed by atoms with van der Waals surface area (Å²) in [5.74, 6) is 1.20. The van der Waals surface area contributed by atoms with Gasteiger partial charge < -0.3 is 24.6 Å². The maximum absolute atomic E-state index is 13.6. The predicted molar refractivity (Wildman–Crippen MR) is 167 cm³/mol. The minimum atomic E-state index is -3.96. The van der Waals surface area contributed by atoms with Gasteiger partial charge in [0, 0.05) is 13.1 Å². The molecule has 0 heterocycles. The van der Waals surface area contributed by atoms with Gasteiger partial charge in [0.2, 0.25) is 10.0 Å². The van der Waals surface area contributed by atoms with Crippen LogP contribution in [0.2, 0.25) is 0 Å². The summed E-state index contributed by atoms with van der Waals surface area (Å²) >= 11 is 0. The van der Waals surface area contributed by atoms with Crippen LogP contribution in [-0.4, -0.2) is 61.9 Å². The number of hydrogen-bond acceptors (Lipinski definition) is 7. The van der Waals surface area contributed by atoms with Crippen molar-refractivity contribution in [1.29, 1.82) is 0 Å². The molecule has 0 bridgehead atoms. The van der Waals surface area contributed by atoms with Crippen molar-refractivity contribution < 1.29 is 32.5 Å². The number of methoxy groups -OCH3 is 1. The molecule has 1 amide bonds. The third-order valence-corrected chi connectivity index (χ3v) is 8.30. The normalized spacial score (nSPS) is 13.4. The number of alkyl carbamates (subject to hydrolysis) is 1. The molecule has 43 heavy (non-hydrogen) atoms. The molecule has 0 aromatic heterocycles. The van der Waals surface area contributed by atoms with Gasteiger partial charge in [-0.05, 0) is 80.6 Å². The first-order valence-corrected chi connectivity index (χ1v) is 15.8. The summed E-state index contributed by atoms with van der Waals surface area (Å²) in [6, 6.07) is 22.5. The lowest BCUT2D eigenvalue weighted by Gasteiger charge is -2.31. The second kappa shape index (κ2) is 15.2. The van der Waals surface area contributed by atoms with Crippen molar-refractivity contribution in [3.63, 3.8) is 0 Å². The van der Waals surface area contributed by atoms with Crippen molar-refractivity contribution in [2.45, 2.75) is 70.3 Å². The summed E-state index contributed by atoms with van der Waals surface area (Å²) in [4.78, 5) is 12.9. The highest BCUT2D eigenvalue weighted by Crippen LogP contribution is 2.22. The summed E-state index contributed by atoms with van der Waals surface area (Å²) < 4.78 is 45.0. The summed E-state index contributed by atoms with van der Waals surface area (Å²) in [5.41, 5.74) is 1.12. The number of aliphatic hydroxyl groups excluding tert-OH is 1. The van der Waals surface area contributed by atoms with Gasteiger partial charge in [0.05, 0.1) is 24.2 Å². The van der Waals surface area contributed by atoms with Gasteiger partial charge in [-0.15, -0.1) is 0 Å². The van der Waals surface area contributed by atoms with Crippen LogP contribution in [-0.2, 0) is 27.8 Å². The largest absolute Gasteiger partial charge is 0.497 e. The van der Waals surface area contributed by atoms with E-state index in [4.69, 9.17) is 14.2 Å². The highest BCUT2D eigenvalue weighted by molar-refractivity contribution is 7.89. The maximum Gasteiger partial charge on any atom is 0.407 e. The average Bonchev–Trinajstić information content (AvgIpc) is 2.95.